The molecule has 112 valence electrons. The zero-order valence-electron chi connectivity index (χ0n) is 10.7. The van der Waals surface area contributed by atoms with Crippen molar-refractivity contribution in [3.05, 3.63) is 30.3 Å². The average Bonchev–Trinajstić information content (AvgIpc) is 2.38. The molecule has 2 aromatic rings. The van der Waals surface area contributed by atoms with Crippen LogP contribution in [0.15, 0.2) is 35.5 Å². The number of hydrogen-bond donors (Lipinski definition) is 1. The normalized spacial score (nSPS) is 11.2. The lowest BCUT2D eigenvalue weighted by Gasteiger charge is -2.13. The molecule has 0 saturated carbocycles. The number of hydrogen-bond acceptors (Lipinski definition) is 6. The van der Waals surface area contributed by atoms with E-state index in [1.807, 2.05) is 0 Å². The molecule has 0 aliphatic heterocycles. The van der Waals surface area contributed by atoms with E-state index in [1.165, 1.54) is 36.0 Å². The summed E-state index contributed by atoms with van der Waals surface area (Å²) in [5.74, 6) is -0.406. The number of nitrogens with zero attached hydrogens (tertiary/aromatic N) is 2. The van der Waals surface area contributed by atoms with Crippen LogP contribution in [0.1, 0.15) is 0 Å². The van der Waals surface area contributed by atoms with Crippen molar-refractivity contribution >= 4 is 17.6 Å². The summed E-state index contributed by atoms with van der Waals surface area (Å²) in [7, 11) is 0. The van der Waals surface area contributed by atoms with Gasteiger partial charge in [0.25, 0.3) is 0 Å². The summed E-state index contributed by atoms with van der Waals surface area (Å²) in [4.78, 5) is 7.91. The van der Waals surface area contributed by atoms with Crippen LogP contribution in [0.5, 0.6) is 17.4 Å². The first-order valence-corrected chi connectivity index (χ1v) is 6.81. The summed E-state index contributed by atoms with van der Waals surface area (Å²) in [5.41, 5.74) is 5.57. The van der Waals surface area contributed by atoms with E-state index < -0.39 is 12.1 Å². The fourth-order valence-electron chi connectivity index (χ4n) is 1.42. The van der Waals surface area contributed by atoms with E-state index >= 15 is 0 Å². The molecule has 0 aliphatic rings. The number of halogens is 3. The van der Waals surface area contributed by atoms with Gasteiger partial charge in [-0.3, -0.25) is 0 Å². The van der Waals surface area contributed by atoms with Crippen LogP contribution in [0.25, 0.3) is 0 Å². The zero-order chi connectivity index (χ0) is 15.5. The fourth-order valence-corrected chi connectivity index (χ4v) is 1.80. The molecule has 5 nitrogen and oxygen atoms in total. The maximum absolute atomic E-state index is 12.3. The second-order valence-electron chi connectivity index (χ2n) is 3.71. The third-order valence-electron chi connectivity index (χ3n) is 2.17. The number of nitrogens with two attached hydrogens (primary N) is 1. The van der Waals surface area contributed by atoms with Gasteiger partial charge in [0.15, 0.2) is 16.7 Å². The molecule has 0 fully saturated rings. The minimum atomic E-state index is -4.81. The topological polar surface area (TPSA) is 70.3 Å². The Morgan fingerprint density at radius 1 is 1.14 bits per heavy atom. The van der Waals surface area contributed by atoms with Crippen LogP contribution < -0.4 is 15.2 Å². The third-order valence-corrected chi connectivity index (χ3v) is 2.72. The number of aromatic nitrogens is 2. The van der Waals surface area contributed by atoms with Crippen LogP contribution in [0, 0.1) is 0 Å². The molecule has 2 rings (SSSR count). The first kappa shape index (κ1) is 15.2. The summed E-state index contributed by atoms with van der Waals surface area (Å²) < 4.78 is 46.1. The number of ether oxygens (including phenoxy) is 2. The second kappa shape index (κ2) is 6.08. The van der Waals surface area contributed by atoms with Gasteiger partial charge in [-0.25, -0.2) is 4.98 Å². The van der Waals surface area contributed by atoms with Crippen LogP contribution in [0.3, 0.4) is 0 Å². The van der Waals surface area contributed by atoms with Crippen LogP contribution in [-0.4, -0.2) is 22.6 Å². The quantitative estimate of drug-likeness (QED) is 0.688. The maximum Gasteiger partial charge on any atom is 0.573 e. The standard InChI is InChI=1S/C12H10F3N3O2S/c1-21-11-17-9(16)6-10(18-11)19-7-4-2-3-5-8(7)20-12(13,14)15/h2-6H,1H3,(H2,16,17,18). The van der Waals surface area contributed by atoms with Gasteiger partial charge in [0.05, 0.1) is 0 Å². The van der Waals surface area contributed by atoms with E-state index in [0.29, 0.717) is 5.16 Å². The van der Waals surface area contributed by atoms with Gasteiger partial charge >= 0.3 is 6.36 Å². The van der Waals surface area contributed by atoms with Gasteiger partial charge < -0.3 is 15.2 Å². The predicted octanol–water partition coefficient (Wildman–Crippen LogP) is 3.47. The number of anilines is 1. The molecule has 21 heavy (non-hydrogen) atoms. The molecule has 2 N–H and O–H groups in total. The van der Waals surface area contributed by atoms with Crippen molar-refractivity contribution < 1.29 is 22.6 Å². The highest BCUT2D eigenvalue weighted by Crippen LogP contribution is 2.34. The van der Waals surface area contributed by atoms with Crippen molar-refractivity contribution in [3.8, 4) is 17.4 Å². The summed E-state index contributed by atoms with van der Waals surface area (Å²) in [6.07, 6.45) is -3.08. The van der Waals surface area contributed by atoms with Crippen molar-refractivity contribution in [3.63, 3.8) is 0 Å². The highest BCUT2D eigenvalue weighted by atomic mass is 32.2. The van der Waals surface area contributed by atoms with E-state index in [9.17, 15) is 13.2 Å². The Bertz CT molecular complexity index is 637. The monoisotopic (exact) mass is 317 g/mol. The summed E-state index contributed by atoms with van der Waals surface area (Å²) in [5, 5.41) is 0.347. The van der Waals surface area contributed by atoms with Crippen LogP contribution in [-0.2, 0) is 0 Å². The number of para-hydroxylation sites is 2. The molecule has 0 unspecified atom stereocenters. The summed E-state index contributed by atoms with van der Waals surface area (Å²) in [6, 6.07) is 6.69. The fraction of sp³-hybridized carbons (Fsp3) is 0.167. The minimum Gasteiger partial charge on any atom is -0.435 e. The van der Waals surface area contributed by atoms with Crippen LogP contribution in [0.2, 0.25) is 0 Å². The van der Waals surface area contributed by atoms with Gasteiger partial charge in [0.2, 0.25) is 5.88 Å². The van der Waals surface area contributed by atoms with Crippen LogP contribution in [0.4, 0.5) is 19.0 Å². The highest BCUT2D eigenvalue weighted by Gasteiger charge is 2.32. The lowest BCUT2D eigenvalue weighted by Crippen LogP contribution is -2.17. The molecule has 0 radical (unpaired) electrons. The van der Waals surface area contributed by atoms with Crippen molar-refractivity contribution in [2.75, 3.05) is 12.0 Å². The summed E-state index contributed by atoms with van der Waals surface area (Å²) in [6.45, 7) is 0. The van der Waals surface area contributed by atoms with E-state index in [0.717, 1.165) is 6.07 Å². The van der Waals surface area contributed by atoms with E-state index in [4.69, 9.17) is 10.5 Å². The first-order valence-electron chi connectivity index (χ1n) is 5.58. The first-order chi connectivity index (χ1) is 9.87. The Kier molecular flexibility index (Phi) is 4.41. The lowest BCUT2D eigenvalue weighted by molar-refractivity contribution is -0.275. The number of nitrogen functional groups attached to an aromatic ring is 1. The molecule has 0 aliphatic carbocycles. The lowest BCUT2D eigenvalue weighted by atomic mass is 10.3. The molecule has 1 aromatic heterocycles. The molecule has 1 heterocycles. The molecule has 0 spiro atoms. The molecular formula is C12H10F3N3O2S. The van der Waals surface area contributed by atoms with Gasteiger partial charge in [0.1, 0.15) is 5.82 Å². The Hall–Kier alpha value is -2.16. The number of rotatable bonds is 4. The van der Waals surface area contributed by atoms with Gasteiger partial charge in [0, 0.05) is 6.07 Å². The van der Waals surface area contributed by atoms with Gasteiger partial charge in [-0.05, 0) is 18.4 Å². The molecule has 1 aromatic carbocycles. The largest absolute Gasteiger partial charge is 0.573 e. The predicted molar refractivity (Wildman–Crippen MR) is 71.4 cm³/mol. The van der Waals surface area contributed by atoms with E-state index in [2.05, 4.69) is 14.7 Å². The van der Waals surface area contributed by atoms with E-state index in [1.54, 1.807) is 6.26 Å². The van der Waals surface area contributed by atoms with Gasteiger partial charge in [-0.1, -0.05) is 23.9 Å². The molecule has 0 atom stereocenters. The zero-order valence-corrected chi connectivity index (χ0v) is 11.5. The van der Waals surface area contributed by atoms with Crippen molar-refractivity contribution in [2.24, 2.45) is 0 Å². The molecule has 0 saturated heterocycles. The number of thioether (sulfide) groups is 1. The van der Waals surface area contributed by atoms with Crippen molar-refractivity contribution in [2.45, 2.75) is 11.5 Å². The SMILES string of the molecule is CSc1nc(N)cc(Oc2ccccc2OC(F)(F)F)n1. The second-order valence-corrected chi connectivity index (χ2v) is 4.49. The number of alkyl halides is 3. The Balaban J connectivity index is 2.29. The average molecular weight is 317 g/mol. The highest BCUT2D eigenvalue weighted by molar-refractivity contribution is 7.98. The van der Waals surface area contributed by atoms with Crippen molar-refractivity contribution in [1.82, 2.24) is 9.97 Å². The van der Waals surface area contributed by atoms with Gasteiger partial charge in [-0.2, -0.15) is 4.98 Å². The Morgan fingerprint density at radius 2 is 1.81 bits per heavy atom. The number of benzene rings is 1. The maximum atomic E-state index is 12.3. The molecule has 0 amide bonds. The third kappa shape index (κ3) is 4.42. The minimum absolute atomic E-state index is 0.0325. The smallest absolute Gasteiger partial charge is 0.435 e. The molecular weight excluding hydrogens is 307 g/mol. The Morgan fingerprint density at radius 3 is 2.43 bits per heavy atom. The molecule has 9 heteroatoms. The van der Waals surface area contributed by atoms with Crippen LogP contribution >= 0.6 is 11.8 Å². The van der Waals surface area contributed by atoms with Crippen molar-refractivity contribution in [1.29, 1.82) is 0 Å². The van der Waals surface area contributed by atoms with E-state index in [-0.39, 0.29) is 17.4 Å². The molecule has 0 bridgehead atoms. The van der Waals surface area contributed by atoms with Gasteiger partial charge in [-0.15, -0.1) is 13.2 Å². The Labute approximate surface area is 122 Å². The summed E-state index contributed by atoms with van der Waals surface area (Å²) >= 11 is 1.23.